The van der Waals surface area contributed by atoms with E-state index in [1.54, 1.807) is 16.3 Å². The highest BCUT2D eigenvalue weighted by atomic mass is 35.6. The van der Waals surface area contributed by atoms with Crippen molar-refractivity contribution in [1.29, 1.82) is 0 Å². The summed E-state index contributed by atoms with van der Waals surface area (Å²) in [5.41, 5.74) is 0. The zero-order valence-corrected chi connectivity index (χ0v) is 17.5. The van der Waals surface area contributed by atoms with Crippen molar-refractivity contribution in [1.82, 2.24) is 14.7 Å². The smallest absolute Gasteiger partial charge is 0.407 e. The molecule has 0 aromatic carbocycles. The van der Waals surface area contributed by atoms with Crippen LogP contribution in [0, 0.1) is 0 Å². The Labute approximate surface area is 154 Å². The molecule has 0 heterocycles. The van der Waals surface area contributed by atoms with E-state index in [1.165, 1.54) is 0 Å². The molecule has 0 aliphatic heterocycles. The van der Waals surface area contributed by atoms with Gasteiger partial charge in [-0.2, -0.15) is 0 Å². The maximum Gasteiger partial charge on any atom is 0.407 e. The molecule has 0 aliphatic rings. The van der Waals surface area contributed by atoms with Crippen LogP contribution in [-0.4, -0.2) is 57.8 Å². The third-order valence-electron chi connectivity index (χ3n) is 3.45. The van der Waals surface area contributed by atoms with E-state index in [4.69, 9.17) is 39.5 Å². The summed E-state index contributed by atoms with van der Waals surface area (Å²) in [4.78, 5) is 11.9. The number of alkyl halides is 3. The lowest BCUT2D eigenvalue weighted by atomic mass is 10.7. The minimum absolute atomic E-state index is 0.166. The van der Waals surface area contributed by atoms with E-state index < -0.39 is 23.1 Å². The van der Waals surface area contributed by atoms with Gasteiger partial charge in [0.25, 0.3) is 0 Å². The highest BCUT2D eigenvalue weighted by Crippen LogP contribution is 2.61. The molecule has 6 nitrogen and oxygen atoms in total. The standard InChI is InChI=1S/C13H27Cl3N3O3P/c1-6-18(7-2)23(21,19(8-3)9-4)11(13(14,15)16)17-12(20)22-10-5/h11H,6-10H2,1-5H3,(H,17,20)/t11-/m1/s1. The van der Waals surface area contributed by atoms with Gasteiger partial charge >= 0.3 is 6.09 Å². The Morgan fingerprint density at radius 2 is 1.43 bits per heavy atom. The first-order chi connectivity index (χ1) is 10.6. The number of alkyl carbamates (subject to hydrolysis) is 1. The maximum atomic E-state index is 14.0. The Hall–Kier alpha value is 0.290. The summed E-state index contributed by atoms with van der Waals surface area (Å²) in [5, 5.41) is 2.49. The quantitative estimate of drug-likeness (QED) is 0.453. The van der Waals surface area contributed by atoms with Gasteiger partial charge in [-0.05, 0) is 6.92 Å². The van der Waals surface area contributed by atoms with E-state index in [1.807, 2.05) is 27.7 Å². The van der Waals surface area contributed by atoms with Crippen molar-refractivity contribution in [3.05, 3.63) is 0 Å². The van der Waals surface area contributed by atoms with Crippen LogP contribution in [0.4, 0.5) is 4.79 Å². The first-order valence-corrected chi connectivity index (χ1v) is 10.5. The summed E-state index contributed by atoms with van der Waals surface area (Å²) in [7, 11) is -3.39. The third-order valence-corrected chi connectivity index (χ3v) is 8.50. The molecule has 0 radical (unpaired) electrons. The predicted octanol–water partition coefficient (Wildman–Crippen LogP) is 4.31. The molecule has 0 saturated carbocycles. The predicted molar refractivity (Wildman–Crippen MR) is 97.7 cm³/mol. The van der Waals surface area contributed by atoms with Gasteiger partial charge in [-0.3, -0.25) is 4.57 Å². The molecule has 10 heteroatoms. The number of nitrogens with one attached hydrogen (secondary N) is 1. The van der Waals surface area contributed by atoms with Crippen molar-refractivity contribution in [2.24, 2.45) is 0 Å². The largest absolute Gasteiger partial charge is 0.450 e. The highest BCUT2D eigenvalue weighted by molar-refractivity contribution is 7.60. The normalized spacial score (nSPS) is 14.2. The summed E-state index contributed by atoms with van der Waals surface area (Å²) in [6.45, 7) is 11.3. The fraction of sp³-hybridized carbons (Fsp3) is 0.923. The fourth-order valence-corrected chi connectivity index (χ4v) is 7.00. The summed E-state index contributed by atoms with van der Waals surface area (Å²) in [6.07, 6.45) is -0.761. The first kappa shape index (κ1) is 23.3. The molecule has 0 aliphatic carbocycles. The van der Waals surface area contributed by atoms with Crippen LogP contribution < -0.4 is 5.32 Å². The lowest BCUT2D eigenvalue weighted by molar-refractivity contribution is 0.150. The number of ether oxygens (including phenoxy) is 1. The molecule has 0 fully saturated rings. The van der Waals surface area contributed by atoms with Crippen molar-refractivity contribution < 1.29 is 14.1 Å². The van der Waals surface area contributed by atoms with E-state index in [2.05, 4.69) is 5.32 Å². The summed E-state index contributed by atoms with van der Waals surface area (Å²) >= 11 is 18.2. The second-order valence-corrected chi connectivity index (χ2v) is 9.87. The van der Waals surface area contributed by atoms with Gasteiger partial charge in [0.05, 0.1) is 6.61 Å². The Bertz CT molecular complexity index is 397. The highest BCUT2D eigenvalue weighted by Gasteiger charge is 2.52. The second kappa shape index (κ2) is 10.3. The van der Waals surface area contributed by atoms with Crippen molar-refractivity contribution in [2.45, 2.75) is 44.2 Å². The summed E-state index contributed by atoms with van der Waals surface area (Å²) < 4.78 is 20.3. The van der Waals surface area contributed by atoms with Crippen molar-refractivity contribution in [3.63, 3.8) is 0 Å². The molecule has 23 heavy (non-hydrogen) atoms. The first-order valence-electron chi connectivity index (χ1n) is 7.73. The topological polar surface area (TPSA) is 61.9 Å². The van der Waals surface area contributed by atoms with Crippen LogP contribution in [0.25, 0.3) is 0 Å². The second-order valence-electron chi connectivity index (χ2n) is 4.68. The zero-order chi connectivity index (χ0) is 18.3. The van der Waals surface area contributed by atoms with Crippen molar-refractivity contribution in [3.8, 4) is 0 Å². The minimum Gasteiger partial charge on any atom is -0.450 e. The van der Waals surface area contributed by atoms with Crippen LogP contribution >= 0.6 is 42.2 Å². The molecular weight excluding hydrogens is 383 g/mol. The molecule has 0 unspecified atom stereocenters. The number of hydrogen-bond acceptors (Lipinski definition) is 3. The Morgan fingerprint density at radius 3 is 1.70 bits per heavy atom. The summed E-state index contributed by atoms with van der Waals surface area (Å²) in [5.74, 6) is -1.21. The Kier molecular flexibility index (Phi) is 10.4. The number of nitrogens with zero attached hydrogens (tertiary/aromatic N) is 2. The van der Waals surface area contributed by atoms with Crippen LogP contribution in [0.2, 0.25) is 0 Å². The van der Waals surface area contributed by atoms with Crippen LogP contribution in [0.5, 0.6) is 0 Å². The van der Waals surface area contributed by atoms with Crippen molar-refractivity contribution >= 4 is 48.3 Å². The molecule has 0 spiro atoms. The van der Waals surface area contributed by atoms with Gasteiger partial charge in [0.2, 0.25) is 11.2 Å². The fourth-order valence-electron chi connectivity index (χ4n) is 2.40. The van der Waals surface area contributed by atoms with E-state index in [-0.39, 0.29) is 6.61 Å². The van der Waals surface area contributed by atoms with Gasteiger partial charge in [0.15, 0.2) is 5.78 Å². The van der Waals surface area contributed by atoms with E-state index in [0.717, 1.165) is 0 Å². The molecule has 138 valence electrons. The molecule has 1 N–H and O–H groups in total. The minimum atomic E-state index is -3.39. The lowest BCUT2D eigenvalue weighted by Gasteiger charge is -2.44. The molecule has 0 bridgehead atoms. The number of rotatable bonds is 9. The van der Waals surface area contributed by atoms with E-state index >= 15 is 0 Å². The molecular formula is C13H27Cl3N3O3P. The summed E-state index contributed by atoms with van der Waals surface area (Å²) in [6, 6.07) is 0. The van der Waals surface area contributed by atoms with Crippen LogP contribution in [0.3, 0.4) is 0 Å². The number of carbonyl (C=O) groups is 1. The average Bonchev–Trinajstić information content (AvgIpc) is 2.46. The van der Waals surface area contributed by atoms with Crippen LogP contribution in [0.1, 0.15) is 34.6 Å². The molecule has 0 saturated heterocycles. The van der Waals surface area contributed by atoms with Gasteiger partial charge in [-0.25, -0.2) is 14.1 Å². The third kappa shape index (κ3) is 5.94. The van der Waals surface area contributed by atoms with Crippen LogP contribution in [-0.2, 0) is 9.30 Å². The Balaban J connectivity index is 6.01. The average molecular weight is 411 g/mol. The van der Waals surface area contributed by atoms with Gasteiger partial charge in [-0.15, -0.1) is 0 Å². The molecule has 1 atom stereocenters. The van der Waals surface area contributed by atoms with E-state index in [9.17, 15) is 9.36 Å². The number of carbonyl (C=O) groups excluding carboxylic acids is 1. The molecule has 1 amide bonds. The van der Waals surface area contributed by atoms with E-state index in [0.29, 0.717) is 26.2 Å². The molecule has 0 aromatic heterocycles. The van der Waals surface area contributed by atoms with Crippen molar-refractivity contribution in [2.75, 3.05) is 32.8 Å². The van der Waals surface area contributed by atoms with Crippen LogP contribution in [0.15, 0.2) is 0 Å². The SMILES string of the molecule is CCOC(=O)N[C@@H](C(Cl)(Cl)Cl)P(=O)(N(CC)CC)N(CC)CC. The molecule has 0 rings (SSSR count). The van der Waals surface area contributed by atoms with Gasteiger partial charge in [0.1, 0.15) is 0 Å². The number of halogens is 3. The number of hydrogen-bond donors (Lipinski definition) is 1. The van der Waals surface area contributed by atoms with Gasteiger partial charge in [-0.1, -0.05) is 62.5 Å². The maximum absolute atomic E-state index is 14.0. The molecule has 0 aromatic rings. The van der Waals surface area contributed by atoms with Gasteiger partial charge in [0, 0.05) is 26.2 Å². The van der Waals surface area contributed by atoms with Gasteiger partial charge < -0.3 is 10.1 Å². The number of amides is 1. The monoisotopic (exact) mass is 409 g/mol. The Morgan fingerprint density at radius 1 is 1.04 bits per heavy atom. The zero-order valence-electron chi connectivity index (χ0n) is 14.3. The lowest BCUT2D eigenvalue weighted by Crippen LogP contribution is -2.51.